The first-order valence-electron chi connectivity index (χ1n) is 8.96. The van der Waals surface area contributed by atoms with Crippen molar-refractivity contribution in [3.63, 3.8) is 0 Å². The van der Waals surface area contributed by atoms with E-state index in [2.05, 4.69) is 28.9 Å². The van der Waals surface area contributed by atoms with Gasteiger partial charge >= 0.3 is 0 Å². The number of thiophene rings is 1. The molecule has 0 aliphatic carbocycles. The number of likely N-dealkylation sites (tertiary alicyclic amines) is 1. The van der Waals surface area contributed by atoms with Crippen molar-refractivity contribution in [2.24, 2.45) is 5.92 Å². The molecule has 3 nitrogen and oxygen atoms in total. The van der Waals surface area contributed by atoms with E-state index in [1.807, 2.05) is 30.1 Å². The van der Waals surface area contributed by atoms with Crippen LogP contribution in [0.15, 0.2) is 46.7 Å². The van der Waals surface area contributed by atoms with Gasteiger partial charge in [0, 0.05) is 28.6 Å². The molecule has 1 fully saturated rings. The molecule has 0 spiro atoms. The van der Waals surface area contributed by atoms with Gasteiger partial charge in [-0.3, -0.25) is 4.79 Å². The third-order valence-electron chi connectivity index (χ3n) is 4.77. The fraction of sp³-hybridized carbons (Fsp3) is 0.450. The van der Waals surface area contributed by atoms with Crippen LogP contribution in [0.4, 0.5) is 0 Å². The molecule has 1 N–H and O–H groups in total. The van der Waals surface area contributed by atoms with E-state index in [4.69, 9.17) is 0 Å². The number of nitrogens with zero attached hydrogens (tertiary/aromatic N) is 1. The Morgan fingerprint density at radius 1 is 1.23 bits per heavy atom. The number of hydrogen-bond donors (Lipinski definition) is 1. The predicted octanol–water partition coefficient (Wildman–Crippen LogP) is 4.92. The van der Waals surface area contributed by atoms with Crippen LogP contribution in [0.3, 0.4) is 0 Å². The Hall–Kier alpha value is -1.01. The van der Waals surface area contributed by atoms with Crippen molar-refractivity contribution in [1.29, 1.82) is 0 Å². The summed E-state index contributed by atoms with van der Waals surface area (Å²) >= 11 is 3.53. The molecule has 2 heterocycles. The number of hydrogen-bond acceptors (Lipinski definition) is 4. The van der Waals surface area contributed by atoms with Crippen molar-refractivity contribution >= 4 is 41.4 Å². The van der Waals surface area contributed by atoms with Crippen LogP contribution < -0.4 is 5.32 Å². The maximum absolute atomic E-state index is 13.0. The molecule has 1 aliphatic rings. The molecule has 1 saturated heterocycles. The lowest BCUT2D eigenvalue weighted by Crippen LogP contribution is -2.39. The summed E-state index contributed by atoms with van der Waals surface area (Å²) in [5.41, 5.74) is 0.859. The SMILES string of the molecule is CNCCC1CCN(C(=O)c2ccccc2SCc2cccs2)CC1.Cl. The molecule has 0 bridgehead atoms. The Morgan fingerprint density at radius 2 is 2.00 bits per heavy atom. The molecule has 1 aromatic heterocycles. The highest BCUT2D eigenvalue weighted by atomic mass is 35.5. The first kappa shape index (κ1) is 21.3. The van der Waals surface area contributed by atoms with E-state index < -0.39 is 0 Å². The second-order valence-corrected chi connectivity index (χ2v) is 8.54. The minimum absolute atomic E-state index is 0. The average molecular weight is 411 g/mol. The van der Waals surface area contributed by atoms with Crippen LogP contribution in [-0.2, 0) is 5.75 Å². The first-order valence-corrected chi connectivity index (χ1v) is 10.8. The standard InChI is InChI=1S/C20H26N2OS2.ClH/c1-21-11-8-16-9-12-22(13-10-16)20(23)18-6-2-3-7-19(18)25-15-17-5-4-14-24-17;/h2-7,14,16,21H,8-13,15H2,1H3;1H. The van der Waals surface area contributed by atoms with Crippen LogP contribution in [0.1, 0.15) is 34.5 Å². The molecule has 2 aromatic rings. The fourth-order valence-electron chi connectivity index (χ4n) is 3.26. The van der Waals surface area contributed by atoms with Crippen LogP contribution in [-0.4, -0.2) is 37.5 Å². The van der Waals surface area contributed by atoms with Crippen molar-refractivity contribution in [2.75, 3.05) is 26.7 Å². The van der Waals surface area contributed by atoms with Crippen LogP contribution in [0.5, 0.6) is 0 Å². The minimum atomic E-state index is 0. The summed E-state index contributed by atoms with van der Waals surface area (Å²) in [7, 11) is 2.00. The molecule has 1 amide bonds. The Morgan fingerprint density at radius 3 is 2.69 bits per heavy atom. The maximum Gasteiger partial charge on any atom is 0.254 e. The molecule has 6 heteroatoms. The van der Waals surface area contributed by atoms with Gasteiger partial charge in [-0.25, -0.2) is 0 Å². The molecular weight excluding hydrogens is 384 g/mol. The van der Waals surface area contributed by atoms with E-state index in [9.17, 15) is 4.79 Å². The molecule has 1 aliphatic heterocycles. The monoisotopic (exact) mass is 410 g/mol. The first-order chi connectivity index (χ1) is 12.3. The summed E-state index contributed by atoms with van der Waals surface area (Å²) in [6.07, 6.45) is 3.46. The van der Waals surface area contributed by atoms with E-state index in [1.165, 1.54) is 11.3 Å². The summed E-state index contributed by atoms with van der Waals surface area (Å²) in [5.74, 6) is 1.87. The largest absolute Gasteiger partial charge is 0.339 e. The second kappa shape index (κ2) is 11.0. The van der Waals surface area contributed by atoms with Crippen molar-refractivity contribution in [3.05, 3.63) is 52.2 Å². The molecule has 3 rings (SSSR count). The minimum Gasteiger partial charge on any atom is -0.339 e. The number of carbonyl (C=O) groups is 1. The van der Waals surface area contributed by atoms with Gasteiger partial charge in [-0.15, -0.1) is 35.5 Å². The van der Waals surface area contributed by atoms with Crippen LogP contribution in [0.2, 0.25) is 0 Å². The average Bonchev–Trinajstić information content (AvgIpc) is 3.18. The Kier molecular flexibility index (Phi) is 8.99. The number of thioether (sulfide) groups is 1. The highest BCUT2D eigenvalue weighted by Crippen LogP contribution is 2.30. The number of benzene rings is 1. The second-order valence-electron chi connectivity index (χ2n) is 6.49. The van der Waals surface area contributed by atoms with E-state index in [0.29, 0.717) is 0 Å². The third kappa shape index (κ3) is 5.74. The fourth-order valence-corrected chi connectivity index (χ4v) is 5.07. The van der Waals surface area contributed by atoms with Crippen molar-refractivity contribution in [2.45, 2.75) is 29.9 Å². The molecular formula is C20H27ClN2OS2. The van der Waals surface area contributed by atoms with Crippen LogP contribution in [0.25, 0.3) is 0 Å². The lowest BCUT2D eigenvalue weighted by Gasteiger charge is -2.32. The smallest absolute Gasteiger partial charge is 0.254 e. The topological polar surface area (TPSA) is 32.3 Å². The number of piperidine rings is 1. The van der Waals surface area contributed by atoms with Crippen molar-refractivity contribution in [3.8, 4) is 0 Å². The van der Waals surface area contributed by atoms with E-state index in [1.54, 1.807) is 23.1 Å². The highest BCUT2D eigenvalue weighted by Gasteiger charge is 2.24. The van der Waals surface area contributed by atoms with Crippen molar-refractivity contribution < 1.29 is 4.79 Å². The van der Waals surface area contributed by atoms with E-state index in [0.717, 1.165) is 54.6 Å². The molecule has 26 heavy (non-hydrogen) atoms. The van der Waals surface area contributed by atoms with Gasteiger partial charge < -0.3 is 10.2 Å². The van der Waals surface area contributed by atoms with E-state index >= 15 is 0 Å². The van der Waals surface area contributed by atoms with Gasteiger partial charge in [0.25, 0.3) is 5.91 Å². The van der Waals surface area contributed by atoms with Gasteiger partial charge in [0.05, 0.1) is 5.56 Å². The Labute approximate surface area is 171 Å². The van der Waals surface area contributed by atoms with Crippen molar-refractivity contribution in [1.82, 2.24) is 10.2 Å². The highest BCUT2D eigenvalue weighted by molar-refractivity contribution is 7.98. The molecule has 0 unspecified atom stereocenters. The zero-order valence-electron chi connectivity index (χ0n) is 15.1. The Balaban J connectivity index is 0.00000243. The quantitative estimate of drug-likeness (QED) is 0.657. The zero-order chi connectivity index (χ0) is 17.5. The summed E-state index contributed by atoms with van der Waals surface area (Å²) < 4.78 is 0. The third-order valence-corrected chi connectivity index (χ3v) is 6.95. The summed E-state index contributed by atoms with van der Waals surface area (Å²) in [5, 5.41) is 5.33. The molecule has 142 valence electrons. The summed E-state index contributed by atoms with van der Waals surface area (Å²) in [6, 6.07) is 12.3. The number of halogens is 1. The number of carbonyl (C=O) groups excluding carboxylic acids is 1. The summed E-state index contributed by atoms with van der Waals surface area (Å²) in [6.45, 7) is 2.84. The number of amides is 1. The molecule has 0 radical (unpaired) electrons. The lowest BCUT2D eigenvalue weighted by atomic mass is 9.93. The van der Waals surface area contributed by atoms with Gasteiger partial charge in [-0.05, 0) is 62.4 Å². The van der Waals surface area contributed by atoms with Crippen LogP contribution in [0, 0.1) is 5.92 Å². The normalized spacial score (nSPS) is 14.9. The lowest BCUT2D eigenvalue weighted by molar-refractivity contribution is 0.0683. The predicted molar refractivity (Wildman–Crippen MR) is 115 cm³/mol. The molecule has 0 atom stereocenters. The van der Waals surface area contributed by atoms with Gasteiger partial charge in [0.15, 0.2) is 0 Å². The molecule has 0 saturated carbocycles. The number of nitrogens with one attached hydrogen (secondary N) is 1. The molecule has 1 aromatic carbocycles. The van der Waals surface area contributed by atoms with Crippen LogP contribution >= 0.6 is 35.5 Å². The summed E-state index contributed by atoms with van der Waals surface area (Å²) in [4.78, 5) is 17.5. The van der Waals surface area contributed by atoms with Gasteiger partial charge in [-0.2, -0.15) is 0 Å². The maximum atomic E-state index is 13.0. The van der Waals surface area contributed by atoms with E-state index in [-0.39, 0.29) is 18.3 Å². The van der Waals surface area contributed by atoms with Gasteiger partial charge in [0.2, 0.25) is 0 Å². The zero-order valence-corrected chi connectivity index (χ0v) is 17.6. The Bertz CT molecular complexity index is 670. The number of rotatable bonds is 7. The van der Waals surface area contributed by atoms with Gasteiger partial charge in [0.1, 0.15) is 0 Å². The van der Waals surface area contributed by atoms with Gasteiger partial charge in [-0.1, -0.05) is 18.2 Å².